The number of nitrogens with one attached hydrogen (secondary N) is 2. The lowest BCUT2D eigenvalue weighted by Gasteiger charge is -2.37. The molecule has 0 aromatic carbocycles. The van der Waals surface area contributed by atoms with Crippen LogP contribution in [-0.2, 0) is 18.3 Å². The fourth-order valence-electron chi connectivity index (χ4n) is 3.44. The Bertz CT molecular complexity index is 589. The molecule has 1 atom stereocenters. The second kappa shape index (κ2) is 9.92. The summed E-state index contributed by atoms with van der Waals surface area (Å²) in [5.74, 6) is 1.44. The summed E-state index contributed by atoms with van der Waals surface area (Å²) in [6.07, 6.45) is 0. The van der Waals surface area contributed by atoms with Crippen molar-refractivity contribution < 1.29 is 4.74 Å². The maximum absolute atomic E-state index is 5.50. The second-order valence-corrected chi connectivity index (χ2v) is 7.31. The summed E-state index contributed by atoms with van der Waals surface area (Å²) in [4.78, 5) is 7.32. The largest absolute Gasteiger partial charge is 0.379 e. The highest BCUT2D eigenvalue weighted by molar-refractivity contribution is 5.79. The van der Waals surface area contributed by atoms with Crippen LogP contribution in [0.1, 0.15) is 37.7 Å². The molecule has 0 amide bonds. The monoisotopic (exact) mass is 364 g/mol. The van der Waals surface area contributed by atoms with Gasteiger partial charge in [0.05, 0.1) is 25.5 Å². The molecule has 0 aliphatic carbocycles. The summed E-state index contributed by atoms with van der Waals surface area (Å²) in [5.41, 5.74) is 3.44. The van der Waals surface area contributed by atoms with Crippen LogP contribution >= 0.6 is 0 Å². The van der Waals surface area contributed by atoms with Crippen LogP contribution in [0.3, 0.4) is 0 Å². The van der Waals surface area contributed by atoms with Gasteiger partial charge in [-0.2, -0.15) is 5.10 Å². The topological polar surface area (TPSA) is 66.7 Å². The molecule has 1 aliphatic rings. The van der Waals surface area contributed by atoms with E-state index in [1.54, 1.807) is 0 Å². The smallest absolute Gasteiger partial charge is 0.191 e. The number of aryl methyl sites for hydroxylation is 2. The third-order valence-corrected chi connectivity index (χ3v) is 5.16. The molecular formula is C19H36N6O. The number of rotatable bonds is 7. The lowest BCUT2D eigenvalue weighted by Crippen LogP contribution is -2.52. The van der Waals surface area contributed by atoms with Crippen molar-refractivity contribution in [1.82, 2.24) is 25.3 Å². The molecular weight excluding hydrogens is 328 g/mol. The number of aromatic nitrogens is 2. The molecule has 0 saturated carbocycles. The van der Waals surface area contributed by atoms with Gasteiger partial charge in [0.25, 0.3) is 0 Å². The minimum atomic E-state index is 0.477. The van der Waals surface area contributed by atoms with Crippen molar-refractivity contribution in [3.05, 3.63) is 17.0 Å². The molecule has 1 aromatic heterocycles. The Morgan fingerprint density at radius 2 is 1.92 bits per heavy atom. The number of ether oxygens (including phenoxy) is 1. The fraction of sp³-hybridized carbons (Fsp3) is 0.789. The molecule has 1 fully saturated rings. The first kappa shape index (κ1) is 20.7. The number of hydrogen-bond acceptors (Lipinski definition) is 4. The van der Waals surface area contributed by atoms with Crippen LogP contribution in [0.4, 0.5) is 0 Å². The normalized spacial score (nSPS) is 17.6. The van der Waals surface area contributed by atoms with Crippen LogP contribution in [0.15, 0.2) is 4.99 Å². The molecule has 0 bridgehead atoms. The van der Waals surface area contributed by atoms with E-state index in [9.17, 15) is 0 Å². The first-order valence-corrected chi connectivity index (χ1v) is 9.77. The summed E-state index contributed by atoms with van der Waals surface area (Å²) in [7, 11) is 1.98. The van der Waals surface area contributed by atoms with Gasteiger partial charge in [-0.3, -0.25) is 9.58 Å². The number of hydrogen-bond donors (Lipinski definition) is 2. The van der Waals surface area contributed by atoms with Gasteiger partial charge < -0.3 is 15.4 Å². The fourth-order valence-corrected chi connectivity index (χ4v) is 3.44. The van der Waals surface area contributed by atoms with E-state index in [0.29, 0.717) is 18.5 Å². The van der Waals surface area contributed by atoms with Crippen LogP contribution in [0.5, 0.6) is 0 Å². The number of aliphatic imine (C=N–C) groups is 1. The lowest BCUT2D eigenvalue weighted by atomic mass is 10.0. The summed E-state index contributed by atoms with van der Waals surface area (Å²) < 4.78 is 7.42. The van der Waals surface area contributed by atoms with Crippen LogP contribution in [-0.4, -0.2) is 66.1 Å². The van der Waals surface area contributed by atoms with E-state index in [2.05, 4.69) is 48.3 Å². The average Bonchev–Trinajstić information content (AvgIpc) is 2.85. The van der Waals surface area contributed by atoms with Crippen LogP contribution < -0.4 is 10.6 Å². The average molecular weight is 365 g/mol. The van der Waals surface area contributed by atoms with Gasteiger partial charge >= 0.3 is 0 Å². The molecule has 1 aromatic rings. The number of nitrogens with zero attached hydrogens (tertiary/aromatic N) is 4. The highest BCUT2D eigenvalue weighted by atomic mass is 16.5. The zero-order valence-electron chi connectivity index (χ0n) is 17.3. The standard InChI is InChI=1S/C19H36N6O/c1-7-20-19(21-12-17-15(4)23-24(6)16(17)5)22-13-18(14(2)3)25-8-10-26-11-9-25/h14,18H,7-13H2,1-6H3,(H2,20,21,22). The van der Waals surface area contributed by atoms with E-state index in [0.717, 1.165) is 51.0 Å². The van der Waals surface area contributed by atoms with Crippen LogP contribution in [0, 0.1) is 19.8 Å². The van der Waals surface area contributed by atoms with E-state index < -0.39 is 0 Å². The molecule has 1 aliphatic heterocycles. The predicted octanol–water partition coefficient (Wildman–Crippen LogP) is 1.45. The van der Waals surface area contributed by atoms with Crippen LogP contribution in [0.25, 0.3) is 0 Å². The van der Waals surface area contributed by atoms with Crippen molar-refractivity contribution in [1.29, 1.82) is 0 Å². The van der Waals surface area contributed by atoms with Crippen molar-refractivity contribution in [3.63, 3.8) is 0 Å². The quantitative estimate of drug-likeness (QED) is 0.566. The van der Waals surface area contributed by atoms with E-state index in [1.165, 1.54) is 11.3 Å². The van der Waals surface area contributed by atoms with Gasteiger partial charge in [0, 0.05) is 50.5 Å². The van der Waals surface area contributed by atoms with E-state index in [1.807, 2.05) is 18.7 Å². The highest BCUT2D eigenvalue weighted by Crippen LogP contribution is 2.14. The number of guanidine groups is 1. The van der Waals surface area contributed by atoms with Crippen molar-refractivity contribution >= 4 is 5.96 Å². The van der Waals surface area contributed by atoms with Gasteiger partial charge in [-0.1, -0.05) is 13.8 Å². The van der Waals surface area contributed by atoms with E-state index >= 15 is 0 Å². The second-order valence-electron chi connectivity index (χ2n) is 7.31. The Labute approximate surface area is 158 Å². The van der Waals surface area contributed by atoms with Crippen molar-refractivity contribution in [3.8, 4) is 0 Å². The minimum Gasteiger partial charge on any atom is -0.379 e. The molecule has 0 spiro atoms. The Morgan fingerprint density at radius 3 is 2.46 bits per heavy atom. The molecule has 1 unspecified atom stereocenters. The Hall–Kier alpha value is -1.60. The van der Waals surface area contributed by atoms with Gasteiger partial charge in [-0.15, -0.1) is 0 Å². The molecule has 2 rings (SSSR count). The third kappa shape index (κ3) is 5.45. The molecule has 148 valence electrons. The maximum Gasteiger partial charge on any atom is 0.191 e. The Kier molecular flexibility index (Phi) is 7.90. The molecule has 2 N–H and O–H groups in total. The molecule has 2 heterocycles. The Balaban J connectivity index is 2.01. The van der Waals surface area contributed by atoms with Crippen LogP contribution in [0.2, 0.25) is 0 Å². The molecule has 0 radical (unpaired) electrons. The predicted molar refractivity (Wildman–Crippen MR) is 107 cm³/mol. The van der Waals surface area contributed by atoms with Crippen molar-refractivity contribution in [2.45, 2.75) is 47.2 Å². The zero-order valence-corrected chi connectivity index (χ0v) is 17.3. The van der Waals surface area contributed by atoms with Gasteiger partial charge in [-0.25, -0.2) is 4.99 Å². The summed E-state index contributed by atoms with van der Waals surface area (Å²) in [5, 5.41) is 11.4. The zero-order chi connectivity index (χ0) is 19.1. The van der Waals surface area contributed by atoms with Crippen molar-refractivity contribution in [2.75, 3.05) is 39.4 Å². The summed E-state index contributed by atoms with van der Waals surface area (Å²) in [6.45, 7) is 16.9. The first-order chi connectivity index (χ1) is 12.4. The van der Waals surface area contributed by atoms with E-state index in [-0.39, 0.29) is 0 Å². The maximum atomic E-state index is 5.50. The lowest BCUT2D eigenvalue weighted by molar-refractivity contribution is 0.00752. The van der Waals surface area contributed by atoms with E-state index in [4.69, 9.17) is 9.73 Å². The highest BCUT2D eigenvalue weighted by Gasteiger charge is 2.23. The van der Waals surface area contributed by atoms with Gasteiger partial charge in [0.2, 0.25) is 0 Å². The molecule has 26 heavy (non-hydrogen) atoms. The van der Waals surface area contributed by atoms with Gasteiger partial charge in [0.1, 0.15) is 0 Å². The number of morpholine rings is 1. The minimum absolute atomic E-state index is 0.477. The molecule has 7 nitrogen and oxygen atoms in total. The Morgan fingerprint density at radius 1 is 1.23 bits per heavy atom. The summed E-state index contributed by atoms with van der Waals surface area (Å²) >= 11 is 0. The molecule has 1 saturated heterocycles. The van der Waals surface area contributed by atoms with Crippen molar-refractivity contribution in [2.24, 2.45) is 18.0 Å². The SMILES string of the molecule is CCNC(=NCc1c(C)nn(C)c1C)NCC(C(C)C)N1CCOCC1. The van der Waals surface area contributed by atoms with Gasteiger partial charge in [-0.05, 0) is 26.7 Å². The summed E-state index contributed by atoms with van der Waals surface area (Å²) in [6, 6.07) is 0.477. The van der Waals surface area contributed by atoms with Gasteiger partial charge in [0.15, 0.2) is 5.96 Å². The third-order valence-electron chi connectivity index (χ3n) is 5.16. The molecule has 7 heteroatoms. The first-order valence-electron chi connectivity index (χ1n) is 9.77.